The SMILES string of the molecule is CC1N=C2N(C)c3ccccc3N2C(=O)C1C. The van der Waals surface area contributed by atoms with Gasteiger partial charge in [-0.2, -0.15) is 0 Å². The molecule has 1 aromatic rings. The van der Waals surface area contributed by atoms with Gasteiger partial charge in [0, 0.05) is 7.05 Å². The molecule has 88 valence electrons. The lowest BCUT2D eigenvalue weighted by Crippen LogP contribution is -2.49. The van der Waals surface area contributed by atoms with Crippen LogP contribution in [0.3, 0.4) is 0 Å². The van der Waals surface area contributed by atoms with Crippen molar-refractivity contribution in [1.29, 1.82) is 0 Å². The third-order valence-corrected chi connectivity index (χ3v) is 3.64. The van der Waals surface area contributed by atoms with Crippen LogP contribution in [0.2, 0.25) is 0 Å². The van der Waals surface area contributed by atoms with E-state index in [2.05, 4.69) is 4.99 Å². The maximum atomic E-state index is 12.3. The molecular weight excluding hydrogens is 214 g/mol. The molecule has 0 aromatic heterocycles. The van der Waals surface area contributed by atoms with Gasteiger partial charge in [0.2, 0.25) is 11.9 Å². The fourth-order valence-electron chi connectivity index (χ4n) is 2.37. The molecule has 0 radical (unpaired) electrons. The van der Waals surface area contributed by atoms with Gasteiger partial charge in [-0.1, -0.05) is 19.1 Å². The number of guanidine groups is 1. The maximum absolute atomic E-state index is 12.3. The first-order valence-electron chi connectivity index (χ1n) is 5.86. The van der Waals surface area contributed by atoms with E-state index in [0.717, 1.165) is 17.3 Å². The molecule has 0 bridgehead atoms. The summed E-state index contributed by atoms with van der Waals surface area (Å²) in [5.41, 5.74) is 1.98. The normalized spacial score (nSPS) is 26.8. The Hall–Kier alpha value is -1.84. The van der Waals surface area contributed by atoms with E-state index in [1.807, 2.05) is 50.1 Å². The highest BCUT2D eigenvalue weighted by molar-refractivity contribution is 6.29. The molecule has 2 atom stereocenters. The number of fused-ring (bicyclic) bond motifs is 3. The zero-order valence-electron chi connectivity index (χ0n) is 10.2. The molecule has 0 saturated heterocycles. The molecule has 2 heterocycles. The number of anilines is 2. The average Bonchev–Trinajstić information content (AvgIpc) is 2.61. The first-order chi connectivity index (χ1) is 8.11. The molecule has 0 saturated carbocycles. The fourth-order valence-corrected chi connectivity index (χ4v) is 2.37. The van der Waals surface area contributed by atoms with E-state index in [9.17, 15) is 4.79 Å². The van der Waals surface area contributed by atoms with Gasteiger partial charge in [0.05, 0.1) is 23.3 Å². The zero-order valence-corrected chi connectivity index (χ0v) is 10.2. The van der Waals surface area contributed by atoms with Gasteiger partial charge in [-0.3, -0.25) is 4.79 Å². The van der Waals surface area contributed by atoms with E-state index in [1.54, 1.807) is 4.90 Å². The summed E-state index contributed by atoms with van der Waals surface area (Å²) in [4.78, 5) is 20.7. The Bertz CT molecular complexity index is 523. The largest absolute Gasteiger partial charge is 0.313 e. The van der Waals surface area contributed by atoms with Crippen LogP contribution in [0, 0.1) is 5.92 Å². The van der Waals surface area contributed by atoms with E-state index < -0.39 is 0 Å². The number of para-hydroxylation sites is 2. The summed E-state index contributed by atoms with van der Waals surface area (Å²) in [6.45, 7) is 3.93. The van der Waals surface area contributed by atoms with Crippen molar-refractivity contribution in [3.8, 4) is 0 Å². The first-order valence-corrected chi connectivity index (χ1v) is 5.86. The number of carbonyl (C=O) groups excluding carboxylic acids is 1. The predicted octanol–water partition coefficient (Wildman–Crippen LogP) is 1.86. The molecule has 2 aliphatic rings. The molecule has 0 aliphatic carbocycles. The summed E-state index contributed by atoms with van der Waals surface area (Å²) in [5.74, 6) is 0.833. The number of amides is 1. The monoisotopic (exact) mass is 229 g/mol. The zero-order chi connectivity index (χ0) is 12.2. The van der Waals surface area contributed by atoms with Gasteiger partial charge < -0.3 is 4.90 Å². The van der Waals surface area contributed by atoms with Crippen molar-refractivity contribution in [1.82, 2.24) is 0 Å². The number of aliphatic imine (C=N–C) groups is 1. The van der Waals surface area contributed by atoms with Crippen LogP contribution in [0.25, 0.3) is 0 Å². The van der Waals surface area contributed by atoms with Crippen molar-refractivity contribution in [2.24, 2.45) is 10.9 Å². The lowest BCUT2D eigenvalue weighted by Gasteiger charge is -2.30. The standard InChI is InChI=1S/C13H15N3O/c1-8-9(2)14-13-15(3)10-6-4-5-7-11(10)16(13)12(8)17/h4-9H,1-3H3. The molecule has 1 amide bonds. The van der Waals surface area contributed by atoms with Gasteiger partial charge >= 0.3 is 0 Å². The van der Waals surface area contributed by atoms with Crippen molar-refractivity contribution in [3.63, 3.8) is 0 Å². The molecule has 2 unspecified atom stereocenters. The smallest absolute Gasteiger partial charge is 0.238 e. The van der Waals surface area contributed by atoms with Crippen molar-refractivity contribution >= 4 is 23.2 Å². The Morgan fingerprint density at radius 2 is 1.82 bits per heavy atom. The molecule has 0 fully saturated rings. The number of hydrogen-bond donors (Lipinski definition) is 0. The van der Waals surface area contributed by atoms with Crippen LogP contribution in [-0.4, -0.2) is 25.0 Å². The number of benzene rings is 1. The lowest BCUT2D eigenvalue weighted by atomic mass is 10.0. The van der Waals surface area contributed by atoms with Crippen LogP contribution in [0.15, 0.2) is 29.3 Å². The second-order valence-corrected chi connectivity index (χ2v) is 4.68. The van der Waals surface area contributed by atoms with Crippen LogP contribution >= 0.6 is 0 Å². The number of carbonyl (C=O) groups is 1. The second kappa shape index (κ2) is 3.32. The Balaban J connectivity index is 2.20. The summed E-state index contributed by atoms with van der Waals surface area (Å²) < 4.78 is 0. The van der Waals surface area contributed by atoms with Gasteiger partial charge in [0.25, 0.3) is 0 Å². The highest BCUT2D eigenvalue weighted by Gasteiger charge is 2.41. The highest BCUT2D eigenvalue weighted by atomic mass is 16.2. The van der Waals surface area contributed by atoms with Gasteiger partial charge in [0.15, 0.2) is 0 Å². The summed E-state index contributed by atoms with van der Waals surface area (Å²) in [6, 6.07) is 7.95. The van der Waals surface area contributed by atoms with Crippen molar-refractivity contribution in [2.75, 3.05) is 16.8 Å². The number of rotatable bonds is 0. The van der Waals surface area contributed by atoms with Gasteiger partial charge in [0.1, 0.15) is 0 Å². The minimum atomic E-state index is -0.0571. The summed E-state index contributed by atoms with van der Waals surface area (Å²) in [5, 5.41) is 0. The molecule has 1 aromatic carbocycles. The Morgan fingerprint density at radius 1 is 1.18 bits per heavy atom. The van der Waals surface area contributed by atoms with Crippen molar-refractivity contribution in [3.05, 3.63) is 24.3 Å². The van der Waals surface area contributed by atoms with Gasteiger partial charge in [-0.15, -0.1) is 0 Å². The van der Waals surface area contributed by atoms with Gasteiger partial charge in [-0.05, 0) is 19.1 Å². The minimum absolute atomic E-state index is 0.0468. The molecule has 3 rings (SSSR count). The average molecular weight is 229 g/mol. The minimum Gasteiger partial charge on any atom is -0.313 e. The molecule has 0 N–H and O–H groups in total. The van der Waals surface area contributed by atoms with E-state index in [0.29, 0.717) is 0 Å². The van der Waals surface area contributed by atoms with Crippen LogP contribution in [-0.2, 0) is 4.79 Å². The first kappa shape index (κ1) is 10.3. The third-order valence-electron chi connectivity index (χ3n) is 3.64. The quantitative estimate of drug-likeness (QED) is 0.680. The third kappa shape index (κ3) is 1.24. The molecule has 4 nitrogen and oxygen atoms in total. The highest BCUT2D eigenvalue weighted by Crippen LogP contribution is 2.39. The molecule has 4 heteroatoms. The Morgan fingerprint density at radius 3 is 2.53 bits per heavy atom. The topological polar surface area (TPSA) is 35.9 Å². The van der Waals surface area contributed by atoms with Crippen molar-refractivity contribution in [2.45, 2.75) is 19.9 Å². The summed E-state index contributed by atoms with van der Waals surface area (Å²) in [6.07, 6.45) is 0. The van der Waals surface area contributed by atoms with E-state index in [1.165, 1.54) is 0 Å². The van der Waals surface area contributed by atoms with E-state index in [-0.39, 0.29) is 17.9 Å². The van der Waals surface area contributed by atoms with Crippen LogP contribution < -0.4 is 9.80 Å². The molecule has 2 aliphatic heterocycles. The predicted molar refractivity (Wildman–Crippen MR) is 68.4 cm³/mol. The lowest BCUT2D eigenvalue weighted by molar-refractivity contribution is -0.121. The Labute approximate surface area is 101 Å². The van der Waals surface area contributed by atoms with Crippen LogP contribution in [0.1, 0.15) is 13.8 Å². The van der Waals surface area contributed by atoms with Crippen LogP contribution in [0.5, 0.6) is 0 Å². The number of hydrogen-bond acceptors (Lipinski definition) is 3. The van der Waals surface area contributed by atoms with Crippen molar-refractivity contribution < 1.29 is 4.79 Å². The molecule has 0 spiro atoms. The maximum Gasteiger partial charge on any atom is 0.238 e. The summed E-state index contributed by atoms with van der Waals surface area (Å²) >= 11 is 0. The van der Waals surface area contributed by atoms with E-state index in [4.69, 9.17) is 0 Å². The molecular formula is C13H15N3O. The Kier molecular flexibility index (Phi) is 2.02. The van der Waals surface area contributed by atoms with E-state index >= 15 is 0 Å². The van der Waals surface area contributed by atoms with Crippen LogP contribution in [0.4, 0.5) is 11.4 Å². The van der Waals surface area contributed by atoms with Gasteiger partial charge in [-0.25, -0.2) is 9.89 Å². The fraction of sp³-hybridized carbons (Fsp3) is 0.385. The molecule has 17 heavy (non-hydrogen) atoms. The second-order valence-electron chi connectivity index (χ2n) is 4.68. The summed E-state index contributed by atoms with van der Waals surface area (Å²) in [7, 11) is 1.95. The number of nitrogens with zero attached hydrogens (tertiary/aromatic N) is 3.